The van der Waals surface area contributed by atoms with Gasteiger partial charge in [-0.3, -0.25) is 0 Å². The smallest absolute Gasteiger partial charge is 0.160 e. The molecule has 2 nitrogen and oxygen atoms in total. The second kappa shape index (κ2) is 4.97. The van der Waals surface area contributed by atoms with Crippen molar-refractivity contribution in [3.63, 3.8) is 0 Å². The Morgan fingerprint density at radius 1 is 0.692 bits per heavy atom. The molecule has 13 heavy (non-hydrogen) atoms. The van der Waals surface area contributed by atoms with E-state index in [2.05, 4.69) is 0 Å². The minimum absolute atomic E-state index is 0.137. The Bertz CT molecular complexity index is 133. The Hall–Kier alpha value is -0.0800. The second-order valence-corrected chi connectivity index (χ2v) is 4.22. The van der Waals surface area contributed by atoms with E-state index in [0.29, 0.717) is 5.92 Å². The largest absolute Gasteiger partial charge is 0.350 e. The van der Waals surface area contributed by atoms with E-state index in [4.69, 9.17) is 9.47 Å². The number of rotatable bonds is 1. The molecule has 0 N–H and O–H groups in total. The predicted octanol–water partition coefficient (Wildman–Crippen LogP) is 2.72. The molecule has 0 aromatic rings. The topological polar surface area (TPSA) is 18.5 Å². The standard InChI is InChI=1S/C11H20O2/c1-2-4-6-10(7-5-3-1)11-12-8-9-13-11/h10-11H,1-9H2. The van der Waals surface area contributed by atoms with Crippen LogP contribution in [0.5, 0.6) is 0 Å². The normalized spacial score (nSPS) is 28.6. The molecule has 0 radical (unpaired) electrons. The summed E-state index contributed by atoms with van der Waals surface area (Å²) in [5.41, 5.74) is 0. The molecule has 76 valence electrons. The minimum Gasteiger partial charge on any atom is -0.350 e. The van der Waals surface area contributed by atoms with E-state index in [1.807, 2.05) is 0 Å². The van der Waals surface area contributed by atoms with Crippen molar-refractivity contribution in [2.24, 2.45) is 5.92 Å². The summed E-state index contributed by atoms with van der Waals surface area (Å²) in [4.78, 5) is 0. The van der Waals surface area contributed by atoms with Gasteiger partial charge in [0.2, 0.25) is 0 Å². The summed E-state index contributed by atoms with van der Waals surface area (Å²) < 4.78 is 11.1. The van der Waals surface area contributed by atoms with E-state index in [0.717, 1.165) is 13.2 Å². The summed E-state index contributed by atoms with van der Waals surface area (Å²) in [6.07, 6.45) is 9.74. The van der Waals surface area contributed by atoms with Gasteiger partial charge in [0.05, 0.1) is 13.2 Å². The van der Waals surface area contributed by atoms with Gasteiger partial charge in [0.25, 0.3) is 0 Å². The van der Waals surface area contributed by atoms with Crippen LogP contribution in [0.15, 0.2) is 0 Å². The van der Waals surface area contributed by atoms with Crippen molar-refractivity contribution in [2.45, 2.75) is 51.2 Å². The van der Waals surface area contributed by atoms with Crippen LogP contribution >= 0.6 is 0 Å². The molecule has 1 heterocycles. The molecule has 2 heteroatoms. The van der Waals surface area contributed by atoms with E-state index in [9.17, 15) is 0 Å². The van der Waals surface area contributed by atoms with Crippen molar-refractivity contribution in [2.75, 3.05) is 13.2 Å². The van der Waals surface area contributed by atoms with Crippen molar-refractivity contribution in [3.05, 3.63) is 0 Å². The fourth-order valence-electron chi connectivity index (χ4n) is 2.41. The average molecular weight is 184 g/mol. The summed E-state index contributed by atoms with van der Waals surface area (Å²) in [5.74, 6) is 0.683. The van der Waals surface area contributed by atoms with Crippen LogP contribution in [0, 0.1) is 5.92 Å². The lowest BCUT2D eigenvalue weighted by Crippen LogP contribution is -2.22. The van der Waals surface area contributed by atoms with Gasteiger partial charge in [-0.15, -0.1) is 0 Å². The van der Waals surface area contributed by atoms with Crippen LogP contribution in [-0.4, -0.2) is 19.5 Å². The summed E-state index contributed by atoms with van der Waals surface area (Å²) in [5, 5.41) is 0. The van der Waals surface area contributed by atoms with Crippen LogP contribution in [0.3, 0.4) is 0 Å². The highest BCUT2D eigenvalue weighted by Gasteiger charge is 2.26. The molecule has 0 aromatic heterocycles. The SMILES string of the molecule is C1CCCC(C2OCCO2)CCC1. The van der Waals surface area contributed by atoms with Gasteiger partial charge >= 0.3 is 0 Å². The van der Waals surface area contributed by atoms with Crippen LogP contribution in [0.25, 0.3) is 0 Å². The average Bonchev–Trinajstić information content (AvgIpc) is 2.55. The molecular weight excluding hydrogens is 164 g/mol. The van der Waals surface area contributed by atoms with Gasteiger partial charge in [-0.1, -0.05) is 32.1 Å². The lowest BCUT2D eigenvalue weighted by atomic mass is 9.91. The molecule has 1 aliphatic carbocycles. The monoisotopic (exact) mass is 184 g/mol. The molecule has 2 fully saturated rings. The quantitative estimate of drug-likeness (QED) is 0.624. The summed E-state index contributed by atoms with van der Waals surface area (Å²) in [7, 11) is 0. The van der Waals surface area contributed by atoms with Crippen molar-refractivity contribution in [1.82, 2.24) is 0 Å². The summed E-state index contributed by atoms with van der Waals surface area (Å²) >= 11 is 0. The highest BCUT2D eigenvalue weighted by molar-refractivity contribution is 4.69. The van der Waals surface area contributed by atoms with Gasteiger partial charge < -0.3 is 9.47 Å². The maximum atomic E-state index is 5.57. The molecular formula is C11H20O2. The highest BCUT2D eigenvalue weighted by atomic mass is 16.7. The first kappa shape index (κ1) is 9.47. The Morgan fingerprint density at radius 3 is 1.85 bits per heavy atom. The van der Waals surface area contributed by atoms with Crippen molar-refractivity contribution < 1.29 is 9.47 Å². The van der Waals surface area contributed by atoms with Crippen molar-refractivity contribution in [3.8, 4) is 0 Å². The molecule has 1 aliphatic heterocycles. The van der Waals surface area contributed by atoms with Crippen LogP contribution in [0.4, 0.5) is 0 Å². The highest BCUT2D eigenvalue weighted by Crippen LogP contribution is 2.28. The Balaban J connectivity index is 1.80. The van der Waals surface area contributed by atoms with Crippen molar-refractivity contribution in [1.29, 1.82) is 0 Å². The molecule has 0 spiro atoms. The van der Waals surface area contributed by atoms with E-state index in [1.165, 1.54) is 44.9 Å². The van der Waals surface area contributed by atoms with Crippen LogP contribution in [-0.2, 0) is 9.47 Å². The maximum Gasteiger partial charge on any atom is 0.160 e. The first-order valence-corrected chi connectivity index (χ1v) is 5.70. The zero-order valence-corrected chi connectivity index (χ0v) is 8.34. The van der Waals surface area contributed by atoms with Crippen LogP contribution in [0.2, 0.25) is 0 Å². The Morgan fingerprint density at radius 2 is 1.23 bits per heavy atom. The third-order valence-electron chi connectivity index (χ3n) is 3.18. The van der Waals surface area contributed by atoms with Gasteiger partial charge in [-0.05, 0) is 12.8 Å². The van der Waals surface area contributed by atoms with Crippen LogP contribution < -0.4 is 0 Å². The van der Waals surface area contributed by atoms with E-state index < -0.39 is 0 Å². The fourth-order valence-corrected chi connectivity index (χ4v) is 2.41. The minimum atomic E-state index is 0.137. The molecule has 1 saturated carbocycles. The maximum absolute atomic E-state index is 5.57. The van der Waals surface area contributed by atoms with E-state index >= 15 is 0 Å². The number of ether oxygens (including phenoxy) is 2. The number of hydrogen-bond acceptors (Lipinski definition) is 2. The first-order chi connectivity index (χ1) is 6.47. The predicted molar refractivity (Wildman–Crippen MR) is 51.5 cm³/mol. The van der Waals surface area contributed by atoms with Gasteiger partial charge in [0.1, 0.15) is 0 Å². The van der Waals surface area contributed by atoms with Crippen LogP contribution in [0.1, 0.15) is 44.9 Å². The third kappa shape index (κ3) is 2.68. The second-order valence-electron chi connectivity index (χ2n) is 4.22. The van der Waals surface area contributed by atoms with Gasteiger partial charge in [0.15, 0.2) is 6.29 Å². The van der Waals surface area contributed by atoms with E-state index in [-0.39, 0.29) is 6.29 Å². The number of hydrogen-bond donors (Lipinski definition) is 0. The van der Waals surface area contributed by atoms with Crippen molar-refractivity contribution >= 4 is 0 Å². The molecule has 1 saturated heterocycles. The zero-order valence-electron chi connectivity index (χ0n) is 8.34. The molecule has 0 amide bonds. The third-order valence-corrected chi connectivity index (χ3v) is 3.18. The molecule has 0 unspecified atom stereocenters. The van der Waals surface area contributed by atoms with Gasteiger partial charge in [0, 0.05) is 5.92 Å². The van der Waals surface area contributed by atoms with Gasteiger partial charge in [-0.25, -0.2) is 0 Å². The fraction of sp³-hybridized carbons (Fsp3) is 1.00. The molecule has 0 aromatic carbocycles. The first-order valence-electron chi connectivity index (χ1n) is 5.70. The Labute approximate surface area is 80.6 Å². The lowest BCUT2D eigenvalue weighted by molar-refractivity contribution is -0.0893. The Kier molecular flexibility index (Phi) is 3.62. The van der Waals surface area contributed by atoms with Gasteiger partial charge in [-0.2, -0.15) is 0 Å². The summed E-state index contributed by atoms with van der Waals surface area (Å²) in [6.45, 7) is 1.61. The zero-order chi connectivity index (χ0) is 8.93. The van der Waals surface area contributed by atoms with E-state index in [1.54, 1.807) is 0 Å². The summed E-state index contributed by atoms with van der Waals surface area (Å²) in [6, 6.07) is 0. The lowest BCUT2D eigenvalue weighted by Gasteiger charge is -2.23. The molecule has 2 rings (SSSR count). The molecule has 0 atom stereocenters. The molecule has 0 bridgehead atoms. The molecule has 2 aliphatic rings.